The first-order chi connectivity index (χ1) is 8.08. The number of aliphatic hydroxyl groups is 1. The first kappa shape index (κ1) is 11.7. The van der Waals surface area contributed by atoms with Crippen LogP contribution < -0.4 is 5.73 Å². The summed E-state index contributed by atoms with van der Waals surface area (Å²) in [5.74, 6) is 0. The lowest BCUT2D eigenvalue weighted by molar-refractivity contribution is 0.220. The number of nitrogens with two attached hydrogens (primary N) is 1. The van der Waals surface area contributed by atoms with Crippen LogP contribution in [0.5, 0.6) is 0 Å². The van der Waals surface area contributed by atoms with Gasteiger partial charge in [0.1, 0.15) is 6.10 Å². The summed E-state index contributed by atoms with van der Waals surface area (Å²) in [6, 6.07) is 13.4. The van der Waals surface area contributed by atoms with E-state index in [0.29, 0.717) is 5.69 Å². The molecule has 0 aliphatic carbocycles. The minimum absolute atomic E-state index is 0.613. The maximum absolute atomic E-state index is 10.3. The summed E-state index contributed by atoms with van der Waals surface area (Å²) in [4.78, 5) is 0. The van der Waals surface area contributed by atoms with Crippen LogP contribution >= 0.6 is 0 Å². The van der Waals surface area contributed by atoms with E-state index in [4.69, 9.17) is 5.73 Å². The number of benzene rings is 2. The molecule has 0 saturated carbocycles. The molecule has 2 aromatic carbocycles. The largest absolute Gasteiger partial charge is 0.399 e. The smallest absolute Gasteiger partial charge is 0.104 e. The van der Waals surface area contributed by atoms with Gasteiger partial charge < -0.3 is 10.8 Å². The Hall–Kier alpha value is -1.80. The Morgan fingerprint density at radius 2 is 1.65 bits per heavy atom. The molecule has 2 aromatic rings. The average molecular weight is 227 g/mol. The summed E-state index contributed by atoms with van der Waals surface area (Å²) in [5, 5.41) is 10.3. The van der Waals surface area contributed by atoms with Crippen LogP contribution in [-0.4, -0.2) is 5.11 Å². The molecule has 1 unspecified atom stereocenters. The molecule has 2 nitrogen and oxygen atoms in total. The van der Waals surface area contributed by atoms with E-state index in [9.17, 15) is 5.11 Å². The Morgan fingerprint density at radius 1 is 0.941 bits per heavy atom. The molecule has 0 aliphatic heterocycles. The van der Waals surface area contributed by atoms with Crippen molar-refractivity contribution in [2.45, 2.75) is 20.0 Å². The SMILES string of the molecule is Cc1ccc(C(O)c2cccc(N)c2)cc1C. The first-order valence-electron chi connectivity index (χ1n) is 5.68. The second-order valence-electron chi connectivity index (χ2n) is 4.42. The molecule has 0 heterocycles. The third-order valence-corrected chi connectivity index (χ3v) is 3.07. The van der Waals surface area contributed by atoms with Gasteiger partial charge in [0.05, 0.1) is 0 Å². The summed E-state index contributed by atoms with van der Waals surface area (Å²) in [5.41, 5.74) is 10.5. The highest BCUT2D eigenvalue weighted by Gasteiger charge is 2.10. The Bertz CT molecular complexity index is 534. The van der Waals surface area contributed by atoms with Gasteiger partial charge in [-0.15, -0.1) is 0 Å². The zero-order valence-corrected chi connectivity index (χ0v) is 10.1. The average Bonchev–Trinajstić information content (AvgIpc) is 2.32. The highest BCUT2D eigenvalue weighted by atomic mass is 16.3. The van der Waals surface area contributed by atoms with Crippen molar-refractivity contribution in [2.24, 2.45) is 0 Å². The number of aliphatic hydroxyl groups excluding tert-OH is 1. The summed E-state index contributed by atoms with van der Waals surface area (Å²) < 4.78 is 0. The molecule has 1 atom stereocenters. The fraction of sp³-hybridized carbons (Fsp3) is 0.200. The number of anilines is 1. The fourth-order valence-corrected chi connectivity index (χ4v) is 1.86. The van der Waals surface area contributed by atoms with Crippen molar-refractivity contribution in [1.82, 2.24) is 0 Å². The molecule has 0 amide bonds. The van der Waals surface area contributed by atoms with Gasteiger partial charge in [-0.2, -0.15) is 0 Å². The van der Waals surface area contributed by atoms with Crippen molar-refractivity contribution >= 4 is 5.69 Å². The molecule has 0 fully saturated rings. The van der Waals surface area contributed by atoms with Gasteiger partial charge >= 0.3 is 0 Å². The second-order valence-corrected chi connectivity index (χ2v) is 4.42. The minimum Gasteiger partial charge on any atom is -0.399 e. The van der Waals surface area contributed by atoms with Gasteiger partial charge in [-0.3, -0.25) is 0 Å². The summed E-state index contributed by atoms with van der Waals surface area (Å²) in [6.07, 6.45) is -0.613. The van der Waals surface area contributed by atoms with Crippen molar-refractivity contribution in [1.29, 1.82) is 0 Å². The van der Waals surface area contributed by atoms with Crippen LogP contribution in [0.1, 0.15) is 28.4 Å². The third kappa shape index (κ3) is 2.48. The number of hydrogen-bond acceptors (Lipinski definition) is 2. The van der Waals surface area contributed by atoms with Crippen LogP contribution in [0.3, 0.4) is 0 Å². The number of rotatable bonds is 2. The van der Waals surface area contributed by atoms with Crippen LogP contribution in [0.2, 0.25) is 0 Å². The van der Waals surface area contributed by atoms with Crippen LogP contribution in [0.4, 0.5) is 5.69 Å². The fourth-order valence-electron chi connectivity index (χ4n) is 1.86. The van der Waals surface area contributed by atoms with Gasteiger partial charge in [-0.25, -0.2) is 0 Å². The van der Waals surface area contributed by atoms with E-state index < -0.39 is 6.10 Å². The van der Waals surface area contributed by atoms with Gasteiger partial charge in [-0.05, 0) is 48.2 Å². The zero-order chi connectivity index (χ0) is 12.4. The molecule has 3 N–H and O–H groups in total. The normalized spacial score (nSPS) is 12.4. The van der Waals surface area contributed by atoms with E-state index in [1.807, 2.05) is 43.3 Å². The van der Waals surface area contributed by atoms with Crippen LogP contribution in [0, 0.1) is 13.8 Å². The van der Waals surface area contributed by atoms with E-state index in [1.54, 1.807) is 6.07 Å². The molecule has 0 aromatic heterocycles. The predicted molar refractivity (Wildman–Crippen MR) is 70.8 cm³/mol. The third-order valence-electron chi connectivity index (χ3n) is 3.07. The Labute approximate surface area is 102 Å². The minimum atomic E-state index is -0.613. The van der Waals surface area contributed by atoms with Gasteiger partial charge in [-0.1, -0.05) is 30.3 Å². The molecule has 0 saturated heterocycles. The first-order valence-corrected chi connectivity index (χ1v) is 5.68. The predicted octanol–water partition coefficient (Wildman–Crippen LogP) is 2.97. The molecule has 0 radical (unpaired) electrons. The molecule has 0 spiro atoms. The van der Waals surface area contributed by atoms with E-state index in [-0.39, 0.29) is 0 Å². The van der Waals surface area contributed by atoms with E-state index in [1.165, 1.54) is 11.1 Å². The van der Waals surface area contributed by atoms with Gasteiger partial charge in [0.25, 0.3) is 0 Å². The Kier molecular flexibility index (Phi) is 3.16. The maximum atomic E-state index is 10.3. The summed E-state index contributed by atoms with van der Waals surface area (Å²) >= 11 is 0. The molecular formula is C15H17NO. The van der Waals surface area contributed by atoms with Crippen LogP contribution in [0.25, 0.3) is 0 Å². The van der Waals surface area contributed by atoms with Crippen molar-refractivity contribution in [3.8, 4) is 0 Å². The monoisotopic (exact) mass is 227 g/mol. The molecule has 0 aliphatic rings. The molecule has 88 valence electrons. The van der Waals surface area contributed by atoms with Crippen molar-refractivity contribution in [3.05, 3.63) is 64.7 Å². The molecular weight excluding hydrogens is 210 g/mol. The van der Waals surface area contributed by atoms with E-state index in [2.05, 4.69) is 6.92 Å². The molecule has 0 bridgehead atoms. The van der Waals surface area contributed by atoms with E-state index in [0.717, 1.165) is 11.1 Å². The highest BCUT2D eigenvalue weighted by molar-refractivity contribution is 5.44. The highest BCUT2D eigenvalue weighted by Crippen LogP contribution is 2.24. The number of aryl methyl sites for hydroxylation is 2. The topological polar surface area (TPSA) is 46.2 Å². The van der Waals surface area contributed by atoms with Crippen molar-refractivity contribution in [3.63, 3.8) is 0 Å². The van der Waals surface area contributed by atoms with E-state index >= 15 is 0 Å². The van der Waals surface area contributed by atoms with Gasteiger partial charge in [0.2, 0.25) is 0 Å². The summed E-state index contributed by atoms with van der Waals surface area (Å²) in [6.45, 7) is 4.11. The second kappa shape index (κ2) is 4.60. The van der Waals surface area contributed by atoms with Crippen molar-refractivity contribution in [2.75, 3.05) is 5.73 Å². The molecule has 17 heavy (non-hydrogen) atoms. The zero-order valence-electron chi connectivity index (χ0n) is 10.1. The Balaban J connectivity index is 2.36. The lowest BCUT2D eigenvalue weighted by Crippen LogP contribution is -2.01. The molecule has 2 heteroatoms. The van der Waals surface area contributed by atoms with Gasteiger partial charge in [0, 0.05) is 5.69 Å². The molecule has 2 rings (SSSR count). The lowest BCUT2D eigenvalue weighted by Gasteiger charge is -2.13. The van der Waals surface area contributed by atoms with Crippen molar-refractivity contribution < 1.29 is 5.11 Å². The number of nitrogen functional groups attached to an aromatic ring is 1. The number of hydrogen-bond donors (Lipinski definition) is 2. The summed E-state index contributed by atoms with van der Waals surface area (Å²) in [7, 11) is 0. The standard InChI is InChI=1S/C15H17NO/c1-10-6-7-13(8-11(10)2)15(17)12-4-3-5-14(16)9-12/h3-9,15,17H,16H2,1-2H3. The van der Waals surface area contributed by atoms with Gasteiger partial charge in [0.15, 0.2) is 0 Å². The Morgan fingerprint density at radius 3 is 2.29 bits per heavy atom. The quantitative estimate of drug-likeness (QED) is 0.775. The maximum Gasteiger partial charge on any atom is 0.104 e. The lowest BCUT2D eigenvalue weighted by atomic mass is 9.98. The van der Waals surface area contributed by atoms with Crippen LogP contribution in [0.15, 0.2) is 42.5 Å². The van der Waals surface area contributed by atoms with Crippen LogP contribution in [-0.2, 0) is 0 Å².